The lowest BCUT2D eigenvalue weighted by Crippen LogP contribution is -2.00. The molecule has 1 heterocycles. The van der Waals surface area contributed by atoms with Gasteiger partial charge >= 0.3 is 5.97 Å². The number of hydrogen-bond donors (Lipinski definition) is 0. The van der Waals surface area contributed by atoms with Crippen LogP contribution in [-0.4, -0.2) is 5.97 Å². The highest BCUT2D eigenvalue weighted by atomic mass is 79.9. The summed E-state index contributed by atoms with van der Waals surface area (Å²) in [4.78, 5) is 11.8. The van der Waals surface area contributed by atoms with Gasteiger partial charge in [0.15, 0.2) is 6.10 Å². The Hall–Kier alpha value is -1.13. The molecule has 90 valence electrons. The SMILES string of the molecule is O=C1O[C@@H](c2ccc(Br)cc2)c2cc(Br)ccc21. The number of halogens is 2. The lowest BCUT2D eigenvalue weighted by atomic mass is 9.99. The number of rotatable bonds is 1. The molecule has 0 N–H and O–H groups in total. The first-order chi connectivity index (χ1) is 8.65. The second kappa shape index (κ2) is 4.52. The number of cyclic esters (lactones) is 1. The van der Waals surface area contributed by atoms with Crippen molar-refractivity contribution in [2.24, 2.45) is 0 Å². The summed E-state index contributed by atoms with van der Waals surface area (Å²) in [6, 6.07) is 13.4. The zero-order valence-corrected chi connectivity index (χ0v) is 12.4. The molecule has 2 nitrogen and oxygen atoms in total. The number of esters is 1. The zero-order valence-electron chi connectivity index (χ0n) is 9.19. The molecule has 0 aromatic heterocycles. The zero-order chi connectivity index (χ0) is 12.7. The maximum absolute atomic E-state index is 11.8. The monoisotopic (exact) mass is 366 g/mol. The number of fused-ring (bicyclic) bond motifs is 1. The van der Waals surface area contributed by atoms with Gasteiger partial charge in [-0.05, 0) is 35.9 Å². The van der Waals surface area contributed by atoms with E-state index in [4.69, 9.17) is 4.74 Å². The van der Waals surface area contributed by atoms with E-state index in [-0.39, 0.29) is 12.1 Å². The van der Waals surface area contributed by atoms with Crippen molar-refractivity contribution >= 4 is 37.8 Å². The maximum atomic E-state index is 11.8. The number of hydrogen-bond acceptors (Lipinski definition) is 2. The van der Waals surface area contributed by atoms with Gasteiger partial charge in [0.2, 0.25) is 0 Å². The van der Waals surface area contributed by atoms with Crippen molar-refractivity contribution in [2.45, 2.75) is 6.10 Å². The van der Waals surface area contributed by atoms with Gasteiger partial charge in [0.05, 0.1) is 5.56 Å². The van der Waals surface area contributed by atoms with Crippen LogP contribution in [0, 0.1) is 0 Å². The molecule has 0 bridgehead atoms. The summed E-state index contributed by atoms with van der Waals surface area (Å²) >= 11 is 6.82. The van der Waals surface area contributed by atoms with Crippen LogP contribution in [0.5, 0.6) is 0 Å². The topological polar surface area (TPSA) is 26.3 Å². The summed E-state index contributed by atoms with van der Waals surface area (Å²) in [7, 11) is 0. The van der Waals surface area contributed by atoms with Crippen LogP contribution in [0.2, 0.25) is 0 Å². The van der Waals surface area contributed by atoms with Gasteiger partial charge in [-0.1, -0.05) is 44.0 Å². The van der Waals surface area contributed by atoms with Gasteiger partial charge in [0.1, 0.15) is 0 Å². The highest BCUT2D eigenvalue weighted by molar-refractivity contribution is 9.10. The van der Waals surface area contributed by atoms with E-state index >= 15 is 0 Å². The predicted molar refractivity (Wildman–Crippen MR) is 75.5 cm³/mol. The largest absolute Gasteiger partial charge is 0.449 e. The van der Waals surface area contributed by atoms with Crippen molar-refractivity contribution in [3.63, 3.8) is 0 Å². The number of benzene rings is 2. The van der Waals surface area contributed by atoms with Crippen LogP contribution < -0.4 is 0 Å². The van der Waals surface area contributed by atoms with Gasteiger partial charge in [-0.15, -0.1) is 0 Å². The average Bonchev–Trinajstić information content (AvgIpc) is 2.67. The molecule has 0 fully saturated rings. The van der Waals surface area contributed by atoms with E-state index in [2.05, 4.69) is 31.9 Å². The quantitative estimate of drug-likeness (QED) is 0.695. The minimum atomic E-state index is -0.307. The highest BCUT2D eigenvalue weighted by Gasteiger charge is 2.32. The summed E-state index contributed by atoms with van der Waals surface area (Å²) in [6.45, 7) is 0. The van der Waals surface area contributed by atoms with Crippen molar-refractivity contribution in [1.82, 2.24) is 0 Å². The Morgan fingerprint density at radius 1 is 0.944 bits per heavy atom. The highest BCUT2D eigenvalue weighted by Crippen LogP contribution is 2.37. The van der Waals surface area contributed by atoms with Crippen LogP contribution >= 0.6 is 31.9 Å². The molecule has 0 amide bonds. The Bertz CT molecular complexity index is 620. The Morgan fingerprint density at radius 2 is 1.61 bits per heavy atom. The molecule has 0 aliphatic carbocycles. The van der Waals surface area contributed by atoms with Crippen molar-refractivity contribution in [3.8, 4) is 0 Å². The molecule has 4 heteroatoms. The summed E-state index contributed by atoms with van der Waals surface area (Å²) < 4.78 is 7.39. The van der Waals surface area contributed by atoms with Crippen molar-refractivity contribution in [2.75, 3.05) is 0 Å². The third-order valence-electron chi connectivity index (χ3n) is 2.91. The van der Waals surface area contributed by atoms with E-state index in [1.165, 1.54) is 0 Å². The molecule has 0 radical (unpaired) electrons. The molecule has 0 saturated heterocycles. The molecular formula is C14H8Br2O2. The minimum Gasteiger partial charge on any atom is -0.449 e. The second-order valence-electron chi connectivity index (χ2n) is 4.07. The van der Waals surface area contributed by atoms with Crippen LogP contribution in [0.3, 0.4) is 0 Å². The van der Waals surface area contributed by atoms with Crippen LogP contribution in [0.25, 0.3) is 0 Å². The molecule has 1 aliphatic rings. The van der Waals surface area contributed by atoms with Crippen LogP contribution in [0.1, 0.15) is 27.6 Å². The van der Waals surface area contributed by atoms with E-state index < -0.39 is 0 Å². The van der Waals surface area contributed by atoms with Gasteiger partial charge in [-0.3, -0.25) is 0 Å². The predicted octanol–water partition coefficient (Wildman–Crippen LogP) is 4.47. The third kappa shape index (κ3) is 1.99. The molecule has 0 spiro atoms. The second-order valence-corrected chi connectivity index (χ2v) is 5.90. The molecule has 2 aromatic carbocycles. The third-order valence-corrected chi connectivity index (χ3v) is 3.94. The average molecular weight is 368 g/mol. The van der Waals surface area contributed by atoms with E-state index in [9.17, 15) is 4.79 Å². The summed E-state index contributed by atoms with van der Waals surface area (Å²) in [5, 5.41) is 0. The molecule has 1 atom stereocenters. The van der Waals surface area contributed by atoms with E-state index in [1.54, 1.807) is 6.07 Å². The van der Waals surface area contributed by atoms with Crippen molar-refractivity contribution in [1.29, 1.82) is 0 Å². The molecule has 0 unspecified atom stereocenters. The smallest absolute Gasteiger partial charge is 0.339 e. The van der Waals surface area contributed by atoms with Crippen LogP contribution in [0.15, 0.2) is 51.4 Å². The fourth-order valence-corrected chi connectivity index (χ4v) is 2.70. The Labute approximate surface area is 121 Å². The first-order valence-electron chi connectivity index (χ1n) is 5.41. The van der Waals surface area contributed by atoms with Crippen LogP contribution in [-0.2, 0) is 4.74 Å². The minimum absolute atomic E-state index is 0.259. The van der Waals surface area contributed by atoms with Gasteiger partial charge < -0.3 is 4.74 Å². The normalized spacial score (nSPS) is 17.4. The fraction of sp³-hybridized carbons (Fsp3) is 0.0714. The van der Waals surface area contributed by atoms with Gasteiger partial charge in [-0.2, -0.15) is 0 Å². The van der Waals surface area contributed by atoms with E-state index in [1.807, 2.05) is 36.4 Å². The van der Waals surface area contributed by atoms with Crippen molar-refractivity contribution < 1.29 is 9.53 Å². The standard InChI is InChI=1S/C14H8Br2O2/c15-9-3-1-8(2-4-9)13-12-7-10(16)5-6-11(12)14(17)18-13/h1-7,13H/t13-/m0/s1. The Kier molecular flexibility index (Phi) is 2.99. The fourth-order valence-electron chi connectivity index (χ4n) is 2.06. The van der Waals surface area contributed by atoms with Crippen molar-refractivity contribution in [3.05, 3.63) is 68.1 Å². The van der Waals surface area contributed by atoms with Crippen LogP contribution in [0.4, 0.5) is 0 Å². The summed E-state index contributed by atoms with van der Waals surface area (Å²) in [5.41, 5.74) is 2.53. The molecule has 3 rings (SSSR count). The Morgan fingerprint density at radius 3 is 2.33 bits per heavy atom. The van der Waals surface area contributed by atoms with Gasteiger partial charge in [0, 0.05) is 14.5 Å². The van der Waals surface area contributed by atoms with E-state index in [0.29, 0.717) is 5.56 Å². The molecule has 18 heavy (non-hydrogen) atoms. The molecule has 1 aliphatic heterocycles. The van der Waals surface area contributed by atoms with E-state index in [0.717, 1.165) is 20.1 Å². The summed E-state index contributed by atoms with van der Waals surface area (Å²) in [6.07, 6.45) is -0.307. The van der Waals surface area contributed by atoms with Gasteiger partial charge in [0.25, 0.3) is 0 Å². The summed E-state index contributed by atoms with van der Waals surface area (Å²) in [5.74, 6) is -0.259. The lowest BCUT2D eigenvalue weighted by molar-refractivity contribution is 0.0456. The van der Waals surface area contributed by atoms with Gasteiger partial charge in [-0.25, -0.2) is 4.79 Å². The first-order valence-corrected chi connectivity index (χ1v) is 6.99. The number of carbonyl (C=O) groups is 1. The maximum Gasteiger partial charge on any atom is 0.339 e. The lowest BCUT2D eigenvalue weighted by Gasteiger charge is -2.11. The molecule has 0 saturated carbocycles. The molecular weight excluding hydrogens is 360 g/mol. The Balaban J connectivity index is 2.09. The number of ether oxygens (including phenoxy) is 1. The number of carbonyl (C=O) groups excluding carboxylic acids is 1. The first kappa shape index (κ1) is 11.9. The molecule has 2 aromatic rings.